The molecular weight excluding hydrogens is 182 g/mol. The largest absolute Gasteiger partial charge is 0.263 e. The zero-order valence-electron chi connectivity index (χ0n) is 8.57. The third kappa shape index (κ3) is 1.75. The topological polar surface area (TPSA) is 12.9 Å². The number of hydrogen-bond donors (Lipinski definition) is 0. The fourth-order valence-electron chi connectivity index (χ4n) is 1.62. The van der Waals surface area contributed by atoms with E-state index in [0.29, 0.717) is 0 Å². The smallest absolute Gasteiger partial charge is 0.0504 e. The van der Waals surface area contributed by atoms with Gasteiger partial charge in [0.1, 0.15) is 0 Å². The molecule has 0 fully saturated rings. The molecule has 0 amide bonds. The number of nitrogens with zero attached hydrogens (tertiary/aromatic N) is 1. The lowest BCUT2D eigenvalue weighted by molar-refractivity contribution is 1.31. The summed E-state index contributed by atoms with van der Waals surface area (Å²) in [6.45, 7) is 2.08. The maximum atomic E-state index is 5.45. The molecule has 0 atom stereocenters. The summed E-state index contributed by atoms with van der Waals surface area (Å²) in [5.41, 5.74) is 4.31. The number of aromatic nitrogens is 1. The molecule has 0 bridgehead atoms. The summed E-state index contributed by atoms with van der Waals surface area (Å²) in [6.07, 6.45) is 8.94. The van der Waals surface area contributed by atoms with Crippen molar-refractivity contribution in [1.82, 2.24) is 4.98 Å². The quantitative estimate of drug-likeness (QED) is 0.634. The highest BCUT2D eigenvalue weighted by Gasteiger charge is 2.04. The lowest BCUT2D eigenvalue weighted by Gasteiger charge is -2.07. The fraction of sp³-hybridized carbons (Fsp3) is 0.0714. The molecule has 72 valence electrons. The molecule has 2 rings (SSSR count). The maximum absolute atomic E-state index is 5.45. The summed E-state index contributed by atoms with van der Waals surface area (Å²) in [5, 5.41) is 0. The van der Waals surface area contributed by atoms with E-state index in [1.54, 1.807) is 12.4 Å². The fourth-order valence-corrected chi connectivity index (χ4v) is 1.62. The predicted molar refractivity (Wildman–Crippen MR) is 62.3 cm³/mol. The Morgan fingerprint density at radius 2 is 1.93 bits per heavy atom. The second-order valence-electron chi connectivity index (χ2n) is 3.38. The highest BCUT2D eigenvalue weighted by Crippen LogP contribution is 2.25. The van der Waals surface area contributed by atoms with Gasteiger partial charge in [0.15, 0.2) is 0 Å². The van der Waals surface area contributed by atoms with Crippen molar-refractivity contribution in [3.8, 4) is 23.5 Å². The predicted octanol–water partition coefficient (Wildman–Crippen LogP) is 3.04. The standard InChI is InChI=1S/C14H11N/c1-3-12-10-15-9-8-14(12)13-7-5-4-6-11(13)2/h1,4-10H,2H3. The SMILES string of the molecule is C#Cc1cnccc1-c1ccccc1C. The highest BCUT2D eigenvalue weighted by atomic mass is 14.6. The van der Waals surface area contributed by atoms with Crippen LogP contribution in [0.3, 0.4) is 0 Å². The van der Waals surface area contributed by atoms with Gasteiger partial charge in [-0.2, -0.15) is 0 Å². The summed E-state index contributed by atoms with van der Waals surface area (Å²) in [4.78, 5) is 4.03. The van der Waals surface area contributed by atoms with Crippen LogP contribution >= 0.6 is 0 Å². The lowest BCUT2D eigenvalue weighted by atomic mass is 9.98. The average molecular weight is 193 g/mol. The van der Waals surface area contributed by atoms with Crippen molar-refractivity contribution in [3.05, 3.63) is 53.9 Å². The molecule has 0 spiro atoms. The molecule has 1 heteroatoms. The van der Waals surface area contributed by atoms with E-state index in [0.717, 1.165) is 11.1 Å². The van der Waals surface area contributed by atoms with Crippen LogP contribution in [0, 0.1) is 19.3 Å². The molecule has 0 radical (unpaired) electrons. The van der Waals surface area contributed by atoms with E-state index in [-0.39, 0.29) is 0 Å². The van der Waals surface area contributed by atoms with Gasteiger partial charge in [0.2, 0.25) is 0 Å². The molecule has 0 aliphatic heterocycles. The summed E-state index contributed by atoms with van der Waals surface area (Å²) >= 11 is 0. The van der Waals surface area contributed by atoms with Gasteiger partial charge in [0.25, 0.3) is 0 Å². The Morgan fingerprint density at radius 1 is 1.13 bits per heavy atom. The van der Waals surface area contributed by atoms with Gasteiger partial charge in [-0.1, -0.05) is 30.2 Å². The van der Waals surface area contributed by atoms with Gasteiger partial charge in [-0.25, -0.2) is 0 Å². The van der Waals surface area contributed by atoms with Crippen molar-refractivity contribution >= 4 is 0 Å². The number of rotatable bonds is 1. The van der Waals surface area contributed by atoms with Crippen LogP contribution in [0.25, 0.3) is 11.1 Å². The van der Waals surface area contributed by atoms with Crippen molar-refractivity contribution in [2.45, 2.75) is 6.92 Å². The van der Waals surface area contributed by atoms with E-state index in [1.165, 1.54) is 11.1 Å². The van der Waals surface area contributed by atoms with Crippen molar-refractivity contribution in [2.24, 2.45) is 0 Å². The first-order valence-corrected chi connectivity index (χ1v) is 4.79. The summed E-state index contributed by atoms with van der Waals surface area (Å²) in [5.74, 6) is 2.66. The lowest BCUT2D eigenvalue weighted by Crippen LogP contribution is -1.88. The second-order valence-corrected chi connectivity index (χ2v) is 3.38. The van der Waals surface area contributed by atoms with Gasteiger partial charge in [-0.15, -0.1) is 6.42 Å². The minimum Gasteiger partial charge on any atom is -0.263 e. The molecule has 0 aliphatic carbocycles. The Hall–Kier alpha value is -2.07. The van der Waals surface area contributed by atoms with Crippen LogP contribution in [0.2, 0.25) is 0 Å². The molecule has 1 aromatic heterocycles. The van der Waals surface area contributed by atoms with Crippen molar-refractivity contribution < 1.29 is 0 Å². The first-order chi connectivity index (χ1) is 7.33. The highest BCUT2D eigenvalue weighted by molar-refractivity contribution is 5.72. The van der Waals surface area contributed by atoms with Crippen molar-refractivity contribution in [1.29, 1.82) is 0 Å². The minimum atomic E-state index is 0.840. The number of pyridine rings is 1. The van der Waals surface area contributed by atoms with Gasteiger partial charge in [-0.3, -0.25) is 4.98 Å². The summed E-state index contributed by atoms with van der Waals surface area (Å²) in [7, 11) is 0. The first kappa shape index (κ1) is 9.48. The average Bonchev–Trinajstić information content (AvgIpc) is 2.30. The Balaban J connectivity index is 2.65. The molecule has 0 saturated heterocycles. The van der Waals surface area contributed by atoms with Crippen LogP contribution in [0.15, 0.2) is 42.7 Å². The maximum Gasteiger partial charge on any atom is 0.0504 e. The van der Waals surface area contributed by atoms with E-state index in [4.69, 9.17) is 6.42 Å². The molecule has 0 saturated carbocycles. The zero-order chi connectivity index (χ0) is 10.7. The van der Waals surface area contributed by atoms with Gasteiger partial charge in [0.05, 0.1) is 5.56 Å². The van der Waals surface area contributed by atoms with Gasteiger partial charge < -0.3 is 0 Å². The van der Waals surface area contributed by atoms with E-state index >= 15 is 0 Å². The molecular formula is C14H11N. The van der Waals surface area contributed by atoms with Crippen LogP contribution in [0.5, 0.6) is 0 Å². The monoisotopic (exact) mass is 193 g/mol. The Labute approximate surface area is 89.8 Å². The Morgan fingerprint density at radius 3 is 2.67 bits per heavy atom. The molecule has 0 N–H and O–H groups in total. The normalized spacial score (nSPS) is 9.60. The number of aryl methyl sites for hydroxylation is 1. The summed E-state index contributed by atoms with van der Waals surface area (Å²) in [6, 6.07) is 10.2. The number of hydrogen-bond acceptors (Lipinski definition) is 1. The third-order valence-corrected chi connectivity index (χ3v) is 2.41. The number of benzene rings is 1. The van der Waals surface area contributed by atoms with Crippen LogP contribution < -0.4 is 0 Å². The van der Waals surface area contributed by atoms with Crippen LogP contribution in [-0.4, -0.2) is 4.98 Å². The molecule has 15 heavy (non-hydrogen) atoms. The van der Waals surface area contributed by atoms with E-state index in [9.17, 15) is 0 Å². The number of terminal acetylenes is 1. The van der Waals surface area contributed by atoms with Crippen LogP contribution in [0.1, 0.15) is 11.1 Å². The van der Waals surface area contributed by atoms with Gasteiger partial charge in [-0.05, 0) is 24.1 Å². The molecule has 1 nitrogen and oxygen atoms in total. The minimum absolute atomic E-state index is 0.840. The molecule has 0 unspecified atom stereocenters. The molecule has 1 aromatic carbocycles. The van der Waals surface area contributed by atoms with Crippen LogP contribution in [0.4, 0.5) is 0 Å². The molecule has 0 aliphatic rings. The zero-order valence-corrected chi connectivity index (χ0v) is 8.57. The van der Waals surface area contributed by atoms with E-state index in [1.807, 2.05) is 18.2 Å². The molecule has 1 heterocycles. The molecule has 2 aromatic rings. The van der Waals surface area contributed by atoms with E-state index in [2.05, 4.69) is 30.0 Å². The van der Waals surface area contributed by atoms with Crippen molar-refractivity contribution in [3.63, 3.8) is 0 Å². The second kappa shape index (κ2) is 3.98. The van der Waals surface area contributed by atoms with Gasteiger partial charge in [0, 0.05) is 18.0 Å². The Kier molecular flexibility index (Phi) is 2.51. The summed E-state index contributed by atoms with van der Waals surface area (Å²) < 4.78 is 0. The van der Waals surface area contributed by atoms with E-state index < -0.39 is 0 Å². The van der Waals surface area contributed by atoms with Gasteiger partial charge >= 0.3 is 0 Å². The Bertz CT molecular complexity index is 521. The first-order valence-electron chi connectivity index (χ1n) is 4.79. The third-order valence-electron chi connectivity index (χ3n) is 2.41. The van der Waals surface area contributed by atoms with Crippen molar-refractivity contribution in [2.75, 3.05) is 0 Å². The van der Waals surface area contributed by atoms with Crippen LogP contribution in [-0.2, 0) is 0 Å².